The third kappa shape index (κ3) is 3.94. The molecule has 0 radical (unpaired) electrons. The standard InChI is InChI=1S/C14H19NO4/c1-17-12-6-3-2-5-11(12)14(16)15-8-7-13-18-9-4-10-19-13/h2-3,5-6,13H,4,7-10H2,1H3,(H,15,16). The van der Waals surface area contributed by atoms with Gasteiger partial charge in [0.25, 0.3) is 5.91 Å². The van der Waals surface area contributed by atoms with Crippen LogP contribution < -0.4 is 10.1 Å². The average molecular weight is 265 g/mol. The van der Waals surface area contributed by atoms with E-state index < -0.39 is 0 Å². The average Bonchev–Trinajstić information content (AvgIpc) is 2.48. The highest BCUT2D eigenvalue weighted by atomic mass is 16.7. The molecule has 1 aliphatic rings. The number of hydrogen-bond donors (Lipinski definition) is 1. The van der Waals surface area contributed by atoms with Gasteiger partial charge in [-0.3, -0.25) is 4.79 Å². The van der Waals surface area contributed by atoms with Crippen LogP contribution in [0.1, 0.15) is 23.2 Å². The van der Waals surface area contributed by atoms with Crippen molar-refractivity contribution in [1.82, 2.24) is 5.32 Å². The van der Waals surface area contributed by atoms with E-state index in [0.29, 0.717) is 24.3 Å². The van der Waals surface area contributed by atoms with E-state index >= 15 is 0 Å². The van der Waals surface area contributed by atoms with Crippen molar-refractivity contribution in [2.45, 2.75) is 19.1 Å². The van der Waals surface area contributed by atoms with Crippen molar-refractivity contribution in [2.24, 2.45) is 0 Å². The van der Waals surface area contributed by atoms with Crippen molar-refractivity contribution < 1.29 is 19.0 Å². The second-order valence-corrected chi connectivity index (χ2v) is 4.27. The first-order valence-electron chi connectivity index (χ1n) is 6.45. The second-order valence-electron chi connectivity index (χ2n) is 4.27. The van der Waals surface area contributed by atoms with Crippen LogP contribution in [-0.4, -0.2) is 39.1 Å². The second kappa shape index (κ2) is 7.11. The van der Waals surface area contributed by atoms with Crippen LogP contribution in [0.15, 0.2) is 24.3 Å². The number of carbonyl (C=O) groups is 1. The van der Waals surface area contributed by atoms with Crippen LogP contribution in [0, 0.1) is 0 Å². The van der Waals surface area contributed by atoms with Crippen LogP contribution in [-0.2, 0) is 9.47 Å². The number of ether oxygens (including phenoxy) is 3. The maximum atomic E-state index is 12.0. The Hall–Kier alpha value is -1.59. The molecule has 0 bridgehead atoms. The highest BCUT2D eigenvalue weighted by molar-refractivity contribution is 5.96. The predicted octanol–water partition coefficient (Wildman–Crippen LogP) is 1.58. The van der Waals surface area contributed by atoms with Gasteiger partial charge in [0.1, 0.15) is 5.75 Å². The van der Waals surface area contributed by atoms with Crippen LogP contribution >= 0.6 is 0 Å². The van der Waals surface area contributed by atoms with E-state index in [4.69, 9.17) is 14.2 Å². The summed E-state index contributed by atoms with van der Waals surface area (Å²) in [5.41, 5.74) is 0.537. The van der Waals surface area contributed by atoms with Crippen molar-refractivity contribution in [1.29, 1.82) is 0 Å². The zero-order chi connectivity index (χ0) is 13.5. The Morgan fingerprint density at radius 2 is 2.11 bits per heavy atom. The minimum absolute atomic E-state index is 0.145. The molecule has 1 aromatic rings. The molecule has 0 unspecified atom stereocenters. The van der Waals surface area contributed by atoms with Crippen molar-refractivity contribution in [3.8, 4) is 5.75 Å². The third-order valence-corrected chi connectivity index (χ3v) is 2.91. The highest BCUT2D eigenvalue weighted by Crippen LogP contribution is 2.16. The molecule has 19 heavy (non-hydrogen) atoms. The zero-order valence-corrected chi connectivity index (χ0v) is 11.1. The molecule has 0 aliphatic carbocycles. The SMILES string of the molecule is COc1ccccc1C(=O)NCCC1OCCCO1. The summed E-state index contributed by atoms with van der Waals surface area (Å²) in [5.74, 6) is 0.429. The summed E-state index contributed by atoms with van der Waals surface area (Å²) >= 11 is 0. The smallest absolute Gasteiger partial charge is 0.255 e. The van der Waals surface area contributed by atoms with Crippen LogP contribution in [0.5, 0.6) is 5.75 Å². The number of nitrogens with one attached hydrogen (secondary N) is 1. The molecule has 1 amide bonds. The summed E-state index contributed by atoms with van der Waals surface area (Å²) in [4.78, 5) is 12.0. The third-order valence-electron chi connectivity index (χ3n) is 2.91. The molecule has 5 nitrogen and oxygen atoms in total. The molecule has 2 rings (SSSR count). The van der Waals surface area contributed by atoms with Crippen LogP contribution in [0.3, 0.4) is 0 Å². The fourth-order valence-electron chi connectivity index (χ4n) is 1.93. The lowest BCUT2D eigenvalue weighted by molar-refractivity contribution is -0.180. The first kappa shape index (κ1) is 13.8. The number of rotatable bonds is 5. The van der Waals surface area contributed by atoms with Gasteiger partial charge < -0.3 is 19.5 Å². The number of para-hydroxylation sites is 1. The van der Waals surface area contributed by atoms with Gasteiger partial charge in [-0.15, -0.1) is 0 Å². The highest BCUT2D eigenvalue weighted by Gasteiger charge is 2.15. The lowest BCUT2D eigenvalue weighted by Crippen LogP contribution is -2.31. The van der Waals surface area contributed by atoms with E-state index in [1.54, 1.807) is 19.2 Å². The molecular formula is C14H19NO4. The minimum Gasteiger partial charge on any atom is -0.496 e. The van der Waals surface area contributed by atoms with Gasteiger partial charge in [-0.2, -0.15) is 0 Å². The summed E-state index contributed by atoms with van der Waals surface area (Å²) in [6.45, 7) is 1.97. The van der Waals surface area contributed by atoms with Gasteiger partial charge in [-0.25, -0.2) is 0 Å². The lowest BCUT2D eigenvalue weighted by Gasteiger charge is -2.23. The molecule has 0 saturated carbocycles. The van der Waals surface area contributed by atoms with Crippen LogP contribution in [0.2, 0.25) is 0 Å². The Bertz CT molecular complexity index is 416. The Morgan fingerprint density at radius 1 is 1.37 bits per heavy atom. The normalized spacial score (nSPS) is 16.1. The van der Waals surface area contributed by atoms with Crippen LogP contribution in [0.25, 0.3) is 0 Å². The van der Waals surface area contributed by atoms with E-state index in [1.165, 1.54) is 0 Å². The van der Waals surface area contributed by atoms with Crippen molar-refractivity contribution >= 4 is 5.91 Å². The molecule has 1 aliphatic heterocycles. The van der Waals surface area contributed by atoms with Gasteiger partial charge in [-0.1, -0.05) is 12.1 Å². The molecule has 0 aromatic heterocycles. The topological polar surface area (TPSA) is 56.8 Å². The van der Waals surface area contributed by atoms with Gasteiger partial charge in [0.15, 0.2) is 6.29 Å². The summed E-state index contributed by atoms with van der Waals surface area (Å²) in [6, 6.07) is 7.15. The number of carbonyl (C=O) groups excluding carboxylic acids is 1. The zero-order valence-electron chi connectivity index (χ0n) is 11.1. The Labute approximate surface area is 112 Å². The van der Waals surface area contributed by atoms with Crippen molar-refractivity contribution in [3.63, 3.8) is 0 Å². The van der Waals surface area contributed by atoms with E-state index in [2.05, 4.69) is 5.32 Å². The van der Waals surface area contributed by atoms with Gasteiger partial charge in [0.05, 0.1) is 25.9 Å². The van der Waals surface area contributed by atoms with E-state index in [1.807, 2.05) is 12.1 Å². The van der Waals surface area contributed by atoms with Gasteiger partial charge in [0, 0.05) is 13.0 Å². The van der Waals surface area contributed by atoms with Crippen molar-refractivity contribution in [3.05, 3.63) is 29.8 Å². The molecule has 1 heterocycles. The largest absolute Gasteiger partial charge is 0.496 e. The summed E-state index contributed by atoms with van der Waals surface area (Å²) in [6.07, 6.45) is 1.39. The lowest BCUT2D eigenvalue weighted by atomic mass is 10.2. The molecular weight excluding hydrogens is 246 g/mol. The summed E-state index contributed by atoms with van der Waals surface area (Å²) in [7, 11) is 1.55. The molecule has 1 saturated heterocycles. The molecule has 104 valence electrons. The first-order valence-corrected chi connectivity index (χ1v) is 6.45. The molecule has 0 spiro atoms. The number of benzene rings is 1. The monoisotopic (exact) mass is 265 g/mol. The Kier molecular flexibility index (Phi) is 5.18. The molecule has 1 aromatic carbocycles. The minimum atomic E-state index is -0.202. The summed E-state index contributed by atoms with van der Waals surface area (Å²) in [5, 5.41) is 2.84. The Balaban J connectivity index is 1.80. The number of amides is 1. The molecule has 1 fully saturated rings. The van der Waals surface area contributed by atoms with E-state index in [9.17, 15) is 4.79 Å². The predicted molar refractivity (Wildman–Crippen MR) is 70.3 cm³/mol. The molecule has 5 heteroatoms. The number of hydrogen-bond acceptors (Lipinski definition) is 4. The maximum Gasteiger partial charge on any atom is 0.255 e. The van der Waals surface area contributed by atoms with E-state index in [0.717, 1.165) is 19.6 Å². The van der Waals surface area contributed by atoms with Gasteiger partial charge >= 0.3 is 0 Å². The fraction of sp³-hybridized carbons (Fsp3) is 0.500. The maximum absolute atomic E-state index is 12.0. The number of methoxy groups -OCH3 is 1. The molecule has 0 atom stereocenters. The first-order chi connectivity index (χ1) is 9.31. The van der Waals surface area contributed by atoms with Gasteiger partial charge in [-0.05, 0) is 18.6 Å². The quantitative estimate of drug-likeness (QED) is 0.878. The summed E-state index contributed by atoms with van der Waals surface area (Å²) < 4.78 is 16.0. The van der Waals surface area contributed by atoms with Crippen molar-refractivity contribution in [2.75, 3.05) is 26.9 Å². The van der Waals surface area contributed by atoms with Crippen LogP contribution in [0.4, 0.5) is 0 Å². The fourth-order valence-corrected chi connectivity index (χ4v) is 1.93. The Morgan fingerprint density at radius 3 is 2.84 bits per heavy atom. The van der Waals surface area contributed by atoms with E-state index in [-0.39, 0.29) is 12.2 Å². The molecule has 1 N–H and O–H groups in total. The van der Waals surface area contributed by atoms with Gasteiger partial charge in [0.2, 0.25) is 0 Å².